The molecule has 0 saturated heterocycles. The highest BCUT2D eigenvalue weighted by atomic mass is 19.1. The van der Waals surface area contributed by atoms with Crippen LogP contribution < -0.4 is 5.32 Å². The maximum Gasteiger partial charge on any atom is 0.180 e. The molecule has 1 aliphatic heterocycles. The van der Waals surface area contributed by atoms with E-state index < -0.39 is 5.83 Å². The maximum absolute atomic E-state index is 12.7. The van der Waals surface area contributed by atoms with E-state index in [-0.39, 0.29) is 12.0 Å². The van der Waals surface area contributed by atoms with Crippen molar-refractivity contribution in [2.75, 3.05) is 7.05 Å². The molecular weight excluding hydrogens is 157 g/mol. The Morgan fingerprint density at radius 2 is 2.42 bits per heavy atom. The summed E-state index contributed by atoms with van der Waals surface area (Å²) >= 11 is 0. The minimum atomic E-state index is -0.529. The summed E-state index contributed by atoms with van der Waals surface area (Å²) in [6.45, 7) is 1.88. The van der Waals surface area contributed by atoms with Gasteiger partial charge in [-0.3, -0.25) is 5.41 Å². The van der Waals surface area contributed by atoms with Crippen LogP contribution in [0.2, 0.25) is 0 Å². The quantitative estimate of drug-likeness (QED) is 0.579. The first kappa shape index (κ1) is 8.77. The van der Waals surface area contributed by atoms with Gasteiger partial charge in [0.25, 0.3) is 0 Å². The maximum atomic E-state index is 12.7. The number of nitrogens with one attached hydrogen (secondary N) is 2. The minimum Gasteiger partial charge on any atom is -0.365 e. The summed E-state index contributed by atoms with van der Waals surface area (Å²) in [5, 5.41) is 10.1. The number of hydrogen-bond donors (Lipinski definition) is 2. The van der Waals surface area contributed by atoms with Crippen molar-refractivity contribution in [2.24, 2.45) is 0 Å². The highest BCUT2D eigenvalue weighted by Gasteiger charge is 2.21. The molecule has 1 rings (SSSR count). The van der Waals surface area contributed by atoms with Crippen molar-refractivity contribution in [3.63, 3.8) is 0 Å². The molecule has 1 aliphatic rings. The lowest BCUT2D eigenvalue weighted by Crippen LogP contribution is -2.46. The van der Waals surface area contributed by atoms with Crippen LogP contribution in [0.3, 0.4) is 0 Å². The van der Waals surface area contributed by atoms with E-state index in [2.05, 4.69) is 5.32 Å². The fourth-order valence-electron chi connectivity index (χ4n) is 1.01. The molecule has 12 heavy (non-hydrogen) atoms. The van der Waals surface area contributed by atoms with Gasteiger partial charge in [0, 0.05) is 13.2 Å². The Hall–Kier alpha value is -1.32. The second kappa shape index (κ2) is 3.38. The number of halogens is 1. The molecule has 1 unspecified atom stereocenters. The van der Waals surface area contributed by atoms with Gasteiger partial charge in [-0.05, 0) is 13.0 Å². The molecule has 0 radical (unpaired) electrons. The molecule has 0 aromatic heterocycles. The van der Waals surface area contributed by atoms with E-state index in [9.17, 15) is 4.39 Å². The molecule has 0 aromatic rings. The van der Waals surface area contributed by atoms with E-state index in [1.165, 1.54) is 11.1 Å². The average Bonchev–Trinajstić information content (AvgIpc) is 2.07. The zero-order chi connectivity index (χ0) is 9.14. The van der Waals surface area contributed by atoms with Crippen molar-refractivity contribution in [1.29, 1.82) is 5.41 Å². The predicted molar refractivity (Wildman–Crippen MR) is 46.4 cm³/mol. The van der Waals surface area contributed by atoms with Crippen molar-refractivity contribution >= 4 is 5.84 Å². The predicted octanol–water partition coefficient (Wildman–Crippen LogP) is 1.21. The Bertz CT molecular complexity index is 245. The van der Waals surface area contributed by atoms with E-state index in [0.29, 0.717) is 0 Å². The first-order valence-electron chi connectivity index (χ1n) is 3.73. The van der Waals surface area contributed by atoms with Crippen molar-refractivity contribution in [3.05, 3.63) is 24.2 Å². The van der Waals surface area contributed by atoms with Gasteiger partial charge >= 0.3 is 0 Å². The minimum absolute atomic E-state index is 0.0862. The molecule has 0 fully saturated rings. The zero-order valence-electron chi connectivity index (χ0n) is 7.13. The van der Waals surface area contributed by atoms with Gasteiger partial charge in [-0.15, -0.1) is 0 Å². The summed E-state index contributed by atoms with van der Waals surface area (Å²) in [6, 6.07) is 0. The van der Waals surface area contributed by atoms with Crippen LogP contribution in [0.5, 0.6) is 0 Å². The molecule has 3 nitrogen and oxygen atoms in total. The molecule has 0 bridgehead atoms. The Morgan fingerprint density at radius 3 is 3.00 bits per heavy atom. The molecule has 0 spiro atoms. The van der Waals surface area contributed by atoms with Crippen LogP contribution in [0.15, 0.2) is 24.2 Å². The molecule has 0 amide bonds. The summed E-state index contributed by atoms with van der Waals surface area (Å²) in [4.78, 5) is 1.52. The van der Waals surface area contributed by atoms with Gasteiger partial charge in [-0.1, -0.05) is 6.08 Å². The van der Waals surface area contributed by atoms with Gasteiger partial charge in [-0.25, -0.2) is 4.39 Å². The molecule has 2 N–H and O–H groups in total. The number of rotatable bonds is 1. The Labute approximate surface area is 71.1 Å². The van der Waals surface area contributed by atoms with E-state index in [0.717, 1.165) is 0 Å². The fourth-order valence-corrected chi connectivity index (χ4v) is 1.01. The number of likely N-dealkylation sites (N-methyl/N-ethyl adjacent to an activating group) is 1. The van der Waals surface area contributed by atoms with Gasteiger partial charge < -0.3 is 10.2 Å². The molecule has 1 atom stereocenters. The smallest absolute Gasteiger partial charge is 0.180 e. The van der Waals surface area contributed by atoms with Crippen molar-refractivity contribution in [2.45, 2.75) is 13.1 Å². The Morgan fingerprint density at radius 1 is 1.75 bits per heavy atom. The number of nitrogens with zero attached hydrogens (tertiary/aromatic N) is 1. The largest absolute Gasteiger partial charge is 0.365 e. The monoisotopic (exact) mass is 169 g/mol. The molecule has 0 aliphatic carbocycles. The Kier molecular flexibility index (Phi) is 2.47. The lowest BCUT2D eigenvalue weighted by atomic mass is 10.3. The summed E-state index contributed by atoms with van der Waals surface area (Å²) in [5.74, 6) is -0.616. The summed E-state index contributed by atoms with van der Waals surface area (Å²) < 4.78 is 12.7. The second-order valence-electron chi connectivity index (χ2n) is 2.59. The molecule has 0 aromatic carbocycles. The average molecular weight is 169 g/mol. The highest BCUT2D eigenvalue weighted by molar-refractivity contribution is 5.94. The topological polar surface area (TPSA) is 39.1 Å². The second-order valence-corrected chi connectivity index (χ2v) is 2.59. The lowest BCUT2D eigenvalue weighted by Gasteiger charge is -2.30. The third-order valence-corrected chi connectivity index (χ3v) is 1.75. The summed E-state index contributed by atoms with van der Waals surface area (Å²) in [6.07, 6.45) is 4.82. The number of allylic oxidation sites excluding steroid dienone is 1. The van der Waals surface area contributed by atoms with E-state index in [4.69, 9.17) is 5.41 Å². The van der Waals surface area contributed by atoms with Crippen LogP contribution in [-0.4, -0.2) is 23.9 Å². The molecule has 4 heteroatoms. The van der Waals surface area contributed by atoms with Gasteiger partial charge in [0.1, 0.15) is 6.17 Å². The fraction of sp³-hybridized carbons (Fsp3) is 0.375. The first-order chi connectivity index (χ1) is 5.66. The van der Waals surface area contributed by atoms with E-state index >= 15 is 0 Å². The van der Waals surface area contributed by atoms with Crippen molar-refractivity contribution < 1.29 is 4.39 Å². The van der Waals surface area contributed by atoms with Crippen LogP contribution in [0.4, 0.5) is 4.39 Å². The van der Waals surface area contributed by atoms with Crippen LogP contribution in [0, 0.1) is 5.41 Å². The standard InChI is InChI=1S/C8H12FN3/c1-3-4-7-11-5-6(9)8(10)12(7)2/h3-5,7,10-11H,1-2H3/b4-3+,10-8?. The summed E-state index contributed by atoms with van der Waals surface area (Å²) in [7, 11) is 1.67. The molecular formula is C8H12FN3. The van der Waals surface area contributed by atoms with Crippen LogP contribution in [-0.2, 0) is 0 Å². The Balaban J connectivity index is 2.80. The number of hydrogen-bond acceptors (Lipinski definition) is 2. The zero-order valence-corrected chi connectivity index (χ0v) is 7.13. The summed E-state index contributed by atoms with van der Waals surface area (Å²) in [5.41, 5.74) is 0. The third-order valence-electron chi connectivity index (χ3n) is 1.75. The van der Waals surface area contributed by atoms with Crippen LogP contribution >= 0.6 is 0 Å². The molecule has 66 valence electrons. The van der Waals surface area contributed by atoms with E-state index in [1.54, 1.807) is 7.05 Å². The van der Waals surface area contributed by atoms with Crippen molar-refractivity contribution in [1.82, 2.24) is 10.2 Å². The van der Waals surface area contributed by atoms with Gasteiger partial charge in [0.2, 0.25) is 0 Å². The van der Waals surface area contributed by atoms with Gasteiger partial charge in [0.15, 0.2) is 11.7 Å². The SMILES string of the molecule is C/C=C/C1NC=C(F)C(=N)N1C. The highest BCUT2D eigenvalue weighted by Crippen LogP contribution is 2.10. The van der Waals surface area contributed by atoms with Crippen LogP contribution in [0.25, 0.3) is 0 Å². The molecule has 1 heterocycles. The third kappa shape index (κ3) is 1.47. The normalized spacial score (nSPS) is 24.2. The number of amidine groups is 1. The van der Waals surface area contributed by atoms with Gasteiger partial charge in [0.05, 0.1) is 0 Å². The van der Waals surface area contributed by atoms with Gasteiger partial charge in [-0.2, -0.15) is 0 Å². The van der Waals surface area contributed by atoms with Crippen LogP contribution in [0.1, 0.15) is 6.92 Å². The lowest BCUT2D eigenvalue weighted by molar-refractivity contribution is 0.365. The van der Waals surface area contributed by atoms with Crippen molar-refractivity contribution in [3.8, 4) is 0 Å². The molecule has 0 saturated carbocycles. The van der Waals surface area contributed by atoms with E-state index in [1.807, 2.05) is 19.1 Å². The first-order valence-corrected chi connectivity index (χ1v) is 3.73.